The number of nitrogens with zero attached hydrogens (tertiary/aromatic N) is 2. The van der Waals surface area contributed by atoms with Gasteiger partial charge in [0, 0.05) is 30.8 Å². The Balaban J connectivity index is 1.72. The summed E-state index contributed by atoms with van der Waals surface area (Å²) in [5.41, 5.74) is 1.15. The van der Waals surface area contributed by atoms with E-state index in [0.29, 0.717) is 6.54 Å². The molecule has 5 nitrogen and oxygen atoms in total. The van der Waals surface area contributed by atoms with Crippen LogP contribution in [-0.4, -0.2) is 56.1 Å². The van der Waals surface area contributed by atoms with Crippen LogP contribution in [0, 0.1) is 0 Å². The van der Waals surface area contributed by atoms with Crippen molar-refractivity contribution in [2.24, 2.45) is 0 Å². The van der Waals surface area contributed by atoms with E-state index in [1.54, 1.807) is 14.2 Å². The van der Waals surface area contributed by atoms with Crippen molar-refractivity contribution in [3.8, 4) is 11.5 Å². The number of ether oxygens (including phenoxy) is 2. The molecule has 1 amide bonds. The van der Waals surface area contributed by atoms with Gasteiger partial charge in [0.25, 0.3) is 0 Å². The lowest BCUT2D eigenvalue weighted by molar-refractivity contribution is -0.133. The molecule has 2 aliphatic heterocycles. The SMILES string of the molecule is COc1ccc([C@H]2CCCN2CC(=O)N2CCCCC2)c(OC)c1. The van der Waals surface area contributed by atoms with Gasteiger partial charge in [0.2, 0.25) is 5.91 Å². The summed E-state index contributed by atoms with van der Waals surface area (Å²) in [6.07, 6.45) is 5.71. The first-order valence-electron chi connectivity index (χ1n) is 8.96. The molecule has 2 aliphatic rings. The van der Waals surface area contributed by atoms with Crippen molar-refractivity contribution in [3.05, 3.63) is 23.8 Å². The van der Waals surface area contributed by atoms with E-state index in [-0.39, 0.29) is 11.9 Å². The second kappa shape index (κ2) is 7.88. The number of carbonyl (C=O) groups excluding carboxylic acids is 1. The molecular weight excluding hydrogens is 304 g/mol. The van der Waals surface area contributed by atoms with E-state index in [1.807, 2.05) is 17.0 Å². The molecule has 0 spiro atoms. The van der Waals surface area contributed by atoms with Crippen molar-refractivity contribution in [1.82, 2.24) is 9.80 Å². The molecule has 2 heterocycles. The van der Waals surface area contributed by atoms with Crippen LogP contribution in [-0.2, 0) is 4.79 Å². The second-order valence-corrected chi connectivity index (χ2v) is 6.68. The Bertz CT molecular complexity index is 570. The van der Waals surface area contributed by atoms with Gasteiger partial charge in [-0.25, -0.2) is 0 Å². The first kappa shape index (κ1) is 17.1. The van der Waals surface area contributed by atoms with Gasteiger partial charge >= 0.3 is 0 Å². The molecule has 0 radical (unpaired) electrons. The summed E-state index contributed by atoms with van der Waals surface area (Å²) in [5.74, 6) is 1.91. The molecule has 1 atom stereocenters. The number of methoxy groups -OCH3 is 2. The summed E-state index contributed by atoms with van der Waals surface area (Å²) < 4.78 is 10.9. The Kier molecular flexibility index (Phi) is 5.61. The number of benzene rings is 1. The molecule has 2 fully saturated rings. The fraction of sp³-hybridized carbons (Fsp3) is 0.632. The summed E-state index contributed by atoms with van der Waals surface area (Å²) >= 11 is 0. The Labute approximate surface area is 144 Å². The maximum atomic E-state index is 12.6. The lowest BCUT2D eigenvalue weighted by Gasteiger charge is -2.31. The van der Waals surface area contributed by atoms with E-state index in [0.717, 1.165) is 62.4 Å². The van der Waals surface area contributed by atoms with Crippen LogP contribution in [0.2, 0.25) is 0 Å². The topological polar surface area (TPSA) is 42.0 Å². The Hall–Kier alpha value is -1.75. The molecule has 0 aliphatic carbocycles. The van der Waals surface area contributed by atoms with Crippen molar-refractivity contribution < 1.29 is 14.3 Å². The number of rotatable bonds is 5. The largest absolute Gasteiger partial charge is 0.497 e. The van der Waals surface area contributed by atoms with E-state index in [1.165, 1.54) is 6.42 Å². The summed E-state index contributed by atoms with van der Waals surface area (Å²) in [5, 5.41) is 0. The molecule has 5 heteroatoms. The number of hydrogen-bond acceptors (Lipinski definition) is 4. The lowest BCUT2D eigenvalue weighted by Crippen LogP contribution is -2.42. The Morgan fingerprint density at radius 3 is 2.58 bits per heavy atom. The minimum absolute atomic E-state index is 0.250. The van der Waals surface area contributed by atoms with Crippen molar-refractivity contribution in [2.75, 3.05) is 40.4 Å². The molecule has 2 saturated heterocycles. The highest BCUT2D eigenvalue weighted by Crippen LogP contribution is 2.38. The van der Waals surface area contributed by atoms with Crippen LogP contribution in [0.5, 0.6) is 11.5 Å². The van der Waals surface area contributed by atoms with Gasteiger partial charge in [-0.15, -0.1) is 0 Å². The molecule has 24 heavy (non-hydrogen) atoms. The monoisotopic (exact) mass is 332 g/mol. The van der Waals surface area contributed by atoms with Crippen LogP contribution in [0.1, 0.15) is 43.7 Å². The van der Waals surface area contributed by atoms with Gasteiger partial charge in [0.15, 0.2) is 0 Å². The highest BCUT2D eigenvalue weighted by atomic mass is 16.5. The second-order valence-electron chi connectivity index (χ2n) is 6.68. The minimum atomic E-state index is 0.250. The fourth-order valence-electron chi connectivity index (χ4n) is 3.88. The quantitative estimate of drug-likeness (QED) is 0.831. The van der Waals surface area contributed by atoms with Gasteiger partial charge < -0.3 is 14.4 Å². The predicted octanol–water partition coefficient (Wildman–Crippen LogP) is 2.85. The van der Waals surface area contributed by atoms with Gasteiger partial charge in [0.1, 0.15) is 11.5 Å². The molecule has 132 valence electrons. The fourth-order valence-corrected chi connectivity index (χ4v) is 3.88. The standard InChI is InChI=1S/C19H28N2O3/c1-23-15-8-9-16(18(13-15)24-2)17-7-6-12-21(17)14-19(22)20-10-4-3-5-11-20/h8-9,13,17H,3-7,10-12,14H2,1-2H3/t17-/m1/s1. The van der Waals surface area contributed by atoms with Crippen LogP contribution in [0.15, 0.2) is 18.2 Å². The molecule has 0 saturated carbocycles. The molecular formula is C19H28N2O3. The first-order chi connectivity index (χ1) is 11.7. The van der Waals surface area contributed by atoms with Crippen LogP contribution >= 0.6 is 0 Å². The first-order valence-corrected chi connectivity index (χ1v) is 8.96. The van der Waals surface area contributed by atoms with Crippen molar-refractivity contribution in [3.63, 3.8) is 0 Å². The van der Waals surface area contributed by atoms with E-state index >= 15 is 0 Å². The van der Waals surface area contributed by atoms with Gasteiger partial charge in [-0.05, 0) is 44.7 Å². The van der Waals surface area contributed by atoms with E-state index in [2.05, 4.69) is 11.0 Å². The number of amides is 1. The third kappa shape index (κ3) is 3.66. The van der Waals surface area contributed by atoms with Gasteiger partial charge in [0.05, 0.1) is 20.8 Å². The zero-order valence-corrected chi connectivity index (χ0v) is 14.8. The number of carbonyl (C=O) groups is 1. The van der Waals surface area contributed by atoms with E-state index in [9.17, 15) is 4.79 Å². The molecule has 3 rings (SSSR count). The zero-order chi connectivity index (χ0) is 16.9. The smallest absolute Gasteiger partial charge is 0.236 e. The zero-order valence-electron chi connectivity index (χ0n) is 14.8. The van der Waals surface area contributed by atoms with E-state index < -0.39 is 0 Å². The predicted molar refractivity (Wildman–Crippen MR) is 93.5 cm³/mol. The van der Waals surface area contributed by atoms with Gasteiger partial charge in [-0.3, -0.25) is 9.69 Å². The third-order valence-electron chi connectivity index (χ3n) is 5.21. The number of piperidine rings is 1. The lowest BCUT2D eigenvalue weighted by atomic mass is 10.0. The molecule has 0 bridgehead atoms. The maximum Gasteiger partial charge on any atom is 0.236 e. The van der Waals surface area contributed by atoms with Crippen LogP contribution in [0.3, 0.4) is 0 Å². The summed E-state index contributed by atoms with van der Waals surface area (Å²) in [6.45, 7) is 3.33. The van der Waals surface area contributed by atoms with Crippen molar-refractivity contribution in [1.29, 1.82) is 0 Å². The van der Waals surface area contributed by atoms with Crippen LogP contribution < -0.4 is 9.47 Å². The third-order valence-corrected chi connectivity index (χ3v) is 5.21. The van der Waals surface area contributed by atoms with Gasteiger partial charge in [-0.1, -0.05) is 6.07 Å². The summed E-state index contributed by atoms with van der Waals surface area (Å²) in [4.78, 5) is 17.0. The maximum absolute atomic E-state index is 12.6. The molecule has 0 N–H and O–H groups in total. The summed E-state index contributed by atoms with van der Waals surface area (Å²) in [6, 6.07) is 6.23. The highest BCUT2D eigenvalue weighted by molar-refractivity contribution is 5.78. The summed E-state index contributed by atoms with van der Waals surface area (Å²) in [7, 11) is 3.35. The van der Waals surface area contributed by atoms with Crippen LogP contribution in [0.25, 0.3) is 0 Å². The number of likely N-dealkylation sites (tertiary alicyclic amines) is 2. The average molecular weight is 332 g/mol. The highest BCUT2D eigenvalue weighted by Gasteiger charge is 2.31. The van der Waals surface area contributed by atoms with Crippen molar-refractivity contribution in [2.45, 2.75) is 38.1 Å². The molecule has 1 aromatic carbocycles. The normalized spacial score (nSPS) is 21.8. The Morgan fingerprint density at radius 1 is 1.08 bits per heavy atom. The average Bonchev–Trinajstić information content (AvgIpc) is 3.09. The molecule has 1 aromatic rings. The number of hydrogen-bond donors (Lipinski definition) is 0. The minimum Gasteiger partial charge on any atom is -0.497 e. The van der Waals surface area contributed by atoms with Crippen LogP contribution in [0.4, 0.5) is 0 Å². The van der Waals surface area contributed by atoms with Crippen molar-refractivity contribution >= 4 is 5.91 Å². The molecule has 0 aromatic heterocycles. The van der Waals surface area contributed by atoms with Gasteiger partial charge in [-0.2, -0.15) is 0 Å². The van der Waals surface area contributed by atoms with E-state index in [4.69, 9.17) is 9.47 Å². The Morgan fingerprint density at radius 2 is 1.88 bits per heavy atom. The molecule has 0 unspecified atom stereocenters.